The molecule has 0 saturated heterocycles. The molecule has 17 nitrogen and oxygen atoms in total. The summed E-state index contributed by atoms with van der Waals surface area (Å²) in [6.07, 6.45) is 80.0. The van der Waals surface area contributed by atoms with Crippen molar-refractivity contribution in [2.75, 3.05) is 39.6 Å². The number of aliphatic hydroxyl groups excluding tert-OH is 1. The maximum absolute atomic E-state index is 13.1. The van der Waals surface area contributed by atoms with E-state index in [1.807, 2.05) is 30.4 Å². The summed E-state index contributed by atoms with van der Waals surface area (Å²) in [7, 11) is -10.00. The van der Waals surface area contributed by atoms with Crippen LogP contribution >= 0.6 is 15.6 Å². The molecule has 0 aromatic heterocycles. The van der Waals surface area contributed by atoms with Crippen molar-refractivity contribution in [3.8, 4) is 0 Å². The molecule has 5 unspecified atom stereocenters. The largest absolute Gasteiger partial charge is 0.472 e. The van der Waals surface area contributed by atoms with E-state index in [1.165, 1.54) is 25.7 Å². The predicted molar refractivity (Wildman–Crippen MR) is 399 cm³/mol. The van der Waals surface area contributed by atoms with Crippen LogP contribution < -0.4 is 0 Å². The molecule has 98 heavy (non-hydrogen) atoms. The molecule has 3 N–H and O–H groups in total. The first-order chi connectivity index (χ1) is 47.7. The molecule has 0 bridgehead atoms. The maximum atomic E-state index is 13.1. The summed E-state index contributed by atoms with van der Waals surface area (Å²) in [4.78, 5) is 72.6. The molecule has 0 spiro atoms. The molecule has 0 rings (SSSR count). The highest BCUT2D eigenvalue weighted by atomic mass is 31.2. The molecule has 0 saturated carbocycles. The fourth-order valence-electron chi connectivity index (χ4n) is 8.89. The van der Waals surface area contributed by atoms with Gasteiger partial charge in [0, 0.05) is 25.7 Å². The van der Waals surface area contributed by atoms with Gasteiger partial charge in [-0.15, -0.1) is 0 Å². The number of hydrogen-bond acceptors (Lipinski definition) is 15. The van der Waals surface area contributed by atoms with E-state index in [2.05, 4.69) is 155 Å². The highest BCUT2D eigenvalue weighted by Gasteiger charge is 2.30. The van der Waals surface area contributed by atoms with E-state index in [1.54, 1.807) is 0 Å². The van der Waals surface area contributed by atoms with Crippen molar-refractivity contribution in [2.24, 2.45) is 0 Å². The van der Waals surface area contributed by atoms with Gasteiger partial charge in [-0.2, -0.15) is 0 Å². The fourth-order valence-corrected chi connectivity index (χ4v) is 10.5. The number of carbonyl (C=O) groups excluding carboxylic acids is 4. The van der Waals surface area contributed by atoms with E-state index in [4.69, 9.17) is 37.0 Å². The second-order valence-corrected chi connectivity index (χ2v) is 26.7. The van der Waals surface area contributed by atoms with Gasteiger partial charge in [0.2, 0.25) is 0 Å². The molecule has 0 aliphatic rings. The van der Waals surface area contributed by atoms with Crippen LogP contribution in [0.1, 0.15) is 259 Å². The summed E-state index contributed by atoms with van der Waals surface area (Å²) >= 11 is 0. The van der Waals surface area contributed by atoms with E-state index in [0.29, 0.717) is 38.5 Å². The number of phosphoric acid groups is 2. The lowest BCUT2D eigenvalue weighted by atomic mass is 10.1. The van der Waals surface area contributed by atoms with Crippen LogP contribution in [-0.2, 0) is 65.4 Å². The average molecular weight is 1410 g/mol. The number of unbranched alkanes of at least 4 members (excludes halogenated alkanes) is 15. The summed E-state index contributed by atoms with van der Waals surface area (Å²) in [5, 5.41) is 10.6. The Morgan fingerprint density at radius 3 is 0.929 bits per heavy atom. The molecule has 19 heteroatoms. The van der Waals surface area contributed by atoms with Crippen LogP contribution in [0.3, 0.4) is 0 Å². The maximum Gasteiger partial charge on any atom is 0.472 e. The van der Waals surface area contributed by atoms with Gasteiger partial charge in [0.15, 0.2) is 12.2 Å². The third-order valence-electron chi connectivity index (χ3n) is 14.5. The van der Waals surface area contributed by atoms with Crippen LogP contribution in [0.5, 0.6) is 0 Å². The number of phosphoric ester groups is 2. The van der Waals surface area contributed by atoms with Crippen molar-refractivity contribution in [3.05, 3.63) is 158 Å². The summed E-state index contributed by atoms with van der Waals surface area (Å²) in [6, 6.07) is 0. The molecule has 0 aromatic carbocycles. The van der Waals surface area contributed by atoms with Gasteiger partial charge in [-0.1, -0.05) is 250 Å². The first-order valence-corrected chi connectivity index (χ1v) is 39.7. The van der Waals surface area contributed by atoms with Gasteiger partial charge < -0.3 is 33.8 Å². The molecule has 0 amide bonds. The Morgan fingerprint density at radius 1 is 0.296 bits per heavy atom. The number of rotatable bonds is 67. The van der Waals surface area contributed by atoms with Gasteiger partial charge in [-0.25, -0.2) is 9.13 Å². The Balaban J connectivity index is 5.48. The van der Waals surface area contributed by atoms with E-state index >= 15 is 0 Å². The quantitative estimate of drug-likeness (QED) is 0.0169. The number of aliphatic hydroxyl groups is 1. The normalized spacial score (nSPS) is 14.9. The van der Waals surface area contributed by atoms with E-state index in [0.717, 1.165) is 141 Å². The van der Waals surface area contributed by atoms with Crippen molar-refractivity contribution >= 4 is 39.5 Å². The Hall–Kier alpha value is -5.32. The predicted octanol–water partition coefficient (Wildman–Crippen LogP) is 20.9. The minimum Gasteiger partial charge on any atom is -0.462 e. The molecule has 0 aliphatic heterocycles. The zero-order valence-corrected chi connectivity index (χ0v) is 62.2. The van der Waals surface area contributed by atoms with Crippen LogP contribution in [0.4, 0.5) is 0 Å². The SMILES string of the molecule is CC/C=C\C/C=C\C/C=C\C/C=C\C/C=C\C/C=C\CCC(=O)OCC(COP(=O)(O)OCC(O)COP(=O)(O)OCC(COC(=O)CCCCCCC/C=C\CCCC)OC(=O)CCCCCCC/C=C\CCCC)OC(=O)CCC/C=C\C/C=C\C/C=C\C/C=C\C/C=C\CC. The third kappa shape index (κ3) is 69.2. The molecule has 0 aromatic rings. The van der Waals surface area contributed by atoms with Crippen molar-refractivity contribution in [1.82, 2.24) is 0 Å². The van der Waals surface area contributed by atoms with Gasteiger partial charge in [0.1, 0.15) is 19.3 Å². The number of hydrogen-bond donors (Lipinski definition) is 3. The van der Waals surface area contributed by atoms with Crippen molar-refractivity contribution in [3.63, 3.8) is 0 Å². The minimum absolute atomic E-state index is 0.00514. The van der Waals surface area contributed by atoms with Crippen LogP contribution in [0, 0.1) is 0 Å². The van der Waals surface area contributed by atoms with Crippen LogP contribution in [0.15, 0.2) is 158 Å². The zero-order chi connectivity index (χ0) is 71.8. The lowest BCUT2D eigenvalue weighted by molar-refractivity contribution is -0.161. The van der Waals surface area contributed by atoms with E-state index in [9.17, 15) is 43.2 Å². The summed E-state index contributed by atoms with van der Waals surface area (Å²) in [5.74, 6) is -2.38. The molecule has 0 radical (unpaired) electrons. The Morgan fingerprint density at radius 2 is 0.561 bits per heavy atom. The Kier molecular flexibility index (Phi) is 66.3. The molecule has 0 aliphatic carbocycles. The lowest BCUT2D eigenvalue weighted by Gasteiger charge is -2.21. The van der Waals surface area contributed by atoms with Gasteiger partial charge in [0.25, 0.3) is 0 Å². The van der Waals surface area contributed by atoms with Gasteiger partial charge >= 0.3 is 39.5 Å². The summed E-state index contributed by atoms with van der Waals surface area (Å²) in [6.45, 7) is 4.35. The van der Waals surface area contributed by atoms with Crippen LogP contribution in [-0.4, -0.2) is 96.7 Å². The molecular weight excluding hydrogens is 1280 g/mol. The molecule has 556 valence electrons. The second kappa shape index (κ2) is 70.1. The Labute approximate surface area is 591 Å². The Bertz CT molecular complexity index is 2480. The molecule has 0 fully saturated rings. The monoisotopic (exact) mass is 1410 g/mol. The van der Waals surface area contributed by atoms with Gasteiger partial charge in [0.05, 0.1) is 26.4 Å². The minimum atomic E-state index is -5.01. The summed E-state index contributed by atoms with van der Waals surface area (Å²) in [5.41, 5.74) is 0. The molecule has 5 atom stereocenters. The highest BCUT2D eigenvalue weighted by Crippen LogP contribution is 2.45. The van der Waals surface area contributed by atoms with Gasteiger partial charge in [-0.3, -0.25) is 37.3 Å². The first kappa shape index (κ1) is 92.7. The molecule has 0 heterocycles. The fraction of sp³-hybridized carbons (Fsp3) is 0.620. The third-order valence-corrected chi connectivity index (χ3v) is 16.4. The lowest BCUT2D eigenvalue weighted by Crippen LogP contribution is -2.30. The topological polar surface area (TPSA) is 237 Å². The summed E-state index contributed by atoms with van der Waals surface area (Å²) < 4.78 is 68.1. The highest BCUT2D eigenvalue weighted by molar-refractivity contribution is 7.47. The standard InChI is InChI=1S/C79H128O17P2/c1-5-9-13-17-21-25-29-31-33-35-36-38-39-41-45-48-52-56-60-64-77(82)90-70-75(96-79(84)66-62-58-54-50-46-42-40-37-34-32-30-26-22-18-14-10-6-2)72-94-98(87,88)92-68-73(80)67-91-97(85,86)93-71-74(95-78(83)65-61-57-53-49-44-28-24-20-16-12-8-4)69-89-76(81)63-59-55-51-47-43-27-23-19-15-11-7-3/h9-10,13-14,19-26,31-34,36,38,40-42,45,50,52,54,56,73-75,80H,5-8,11-12,15-18,27-30,35,37,39,43-44,46-49,51,53,55,57-72H2,1-4H3,(H,85,86)(H,87,88)/b13-9-,14-10-,23-19-,24-20-,25-21-,26-22-,33-31-,34-32-,38-36-,42-40-,45-41-,54-50-,56-52-. The van der Waals surface area contributed by atoms with Crippen molar-refractivity contribution in [2.45, 2.75) is 277 Å². The van der Waals surface area contributed by atoms with Gasteiger partial charge in [-0.05, 0) is 141 Å². The number of esters is 4. The number of ether oxygens (including phenoxy) is 4. The average Bonchev–Trinajstić information content (AvgIpc) is 0.979. The van der Waals surface area contributed by atoms with Crippen LogP contribution in [0.2, 0.25) is 0 Å². The van der Waals surface area contributed by atoms with Crippen molar-refractivity contribution in [1.29, 1.82) is 0 Å². The second-order valence-electron chi connectivity index (χ2n) is 23.8. The molecular formula is C79H128O17P2. The number of allylic oxidation sites excluding steroid dienone is 26. The van der Waals surface area contributed by atoms with Crippen LogP contribution in [0.25, 0.3) is 0 Å². The van der Waals surface area contributed by atoms with E-state index < -0.39 is 97.5 Å². The zero-order valence-electron chi connectivity index (χ0n) is 60.4. The van der Waals surface area contributed by atoms with Crippen molar-refractivity contribution < 1.29 is 80.2 Å². The first-order valence-electron chi connectivity index (χ1n) is 36.7. The van der Waals surface area contributed by atoms with E-state index in [-0.39, 0.29) is 25.7 Å². The number of carbonyl (C=O) groups is 4. The smallest absolute Gasteiger partial charge is 0.462 e.